The van der Waals surface area contributed by atoms with Gasteiger partial charge in [-0.05, 0) is 58.6 Å². The monoisotopic (exact) mass is 653 g/mol. The molecule has 0 aliphatic carbocycles. The van der Waals surface area contributed by atoms with Crippen LogP contribution in [0.4, 0.5) is 0 Å². The van der Waals surface area contributed by atoms with Gasteiger partial charge in [-0.25, -0.2) is 9.97 Å². The van der Waals surface area contributed by atoms with E-state index in [-0.39, 0.29) is 0 Å². The van der Waals surface area contributed by atoms with Gasteiger partial charge in [0, 0.05) is 58.5 Å². The van der Waals surface area contributed by atoms with Gasteiger partial charge >= 0.3 is 0 Å². The van der Waals surface area contributed by atoms with Crippen molar-refractivity contribution in [1.82, 2.24) is 14.5 Å². The van der Waals surface area contributed by atoms with Crippen LogP contribution in [0.5, 0.6) is 0 Å². The average molecular weight is 654 g/mol. The molecule has 11 rings (SSSR count). The molecule has 0 unspecified atom stereocenters. The molecule has 8 aromatic carbocycles. The van der Waals surface area contributed by atoms with Crippen molar-refractivity contribution in [2.45, 2.75) is 0 Å². The standard InChI is InChI=1S/C46H27N3S/c1-2-12-32-28(10-1)11-9-16-35(32)43-38-15-3-6-17-39(38)47-46(48-43)30-20-24-31(25-21-30)49-40-18-7-4-13-33(40)36-26-22-29-23-27-37-34-14-5-8-19-41(34)50-45(37)42(29)44(36)49/h1-27H. The molecule has 0 saturated heterocycles. The van der Waals surface area contributed by atoms with Gasteiger partial charge in [0.2, 0.25) is 0 Å². The number of nitrogens with zero attached hydrogens (tertiary/aromatic N) is 3. The maximum absolute atomic E-state index is 5.26. The maximum Gasteiger partial charge on any atom is 0.160 e. The van der Waals surface area contributed by atoms with Gasteiger partial charge in [0.1, 0.15) is 0 Å². The average Bonchev–Trinajstić information content (AvgIpc) is 3.73. The first-order valence-corrected chi connectivity index (χ1v) is 17.7. The van der Waals surface area contributed by atoms with E-state index in [1.807, 2.05) is 11.3 Å². The largest absolute Gasteiger partial charge is 0.309 e. The normalized spacial score (nSPS) is 12.0. The van der Waals surface area contributed by atoms with E-state index in [1.54, 1.807) is 0 Å². The zero-order valence-electron chi connectivity index (χ0n) is 26.8. The highest BCUT2D eigenvalue weighted by Crippen LogP contribution is 2.44. The van der Waals surface area contributed by atoms with Crippen LogP contribution in [0.25, 0.3) is 103 Å². The summed E-state index contributed by atoms with van der Waals surface area (Å²) in [5, 5.41) is 11.1. The number of rotatable bonds is 3. The minimum Gasteiger partial charge on any atom is -0.309 e. The molecule has 11 aromatic rings. The first-order chi connectivity index (χ1) is 24.8. The molecular weight excluding hydrogens is 627 g/mol. The molecule has 50 heavy (non-hydrogen) atoms. The molecule has 232 valence electrons. The van der Waals surface area contributed by atoms with Crippen LogP contribution in [0.2, 0.25) is 0 Å². The molecule has 4 heteroatoms. The van der Waals surface area contributed by atoms with Crippen LogP contribution in [0.15, 0.2) is 164 Å². The predicted octanol–water partition coefficient (Wildman–Crippen LogP) is 12.7. The second kappa shape index (κ2) is 10.6. The summed E-state index contributed by atoms with van der Waals surface area (Å²) in [6.07, 6.45) is 0. The number of thiophene rings is 1. The highest BCUT2D eigenvalue weighted by molar-refractivity contribution is 7.26. The lowest BCUT2D eigenvalue weighted by molar-refractivity contribution is 1.18. The first-order valence-electron chi connectivity index (χ1n) is 16.9. The molecular formula is C46H27N3S. The van der Waals surface area contributed by atoms with E-state index >= 15 is 0 Å². The molecule has 3 aromatic heterocycles. The van der Waals surface area contributed by atoms with Crippen molar-refractivity contribution < 1.29 is 0 Å². The molecule has 0 amide bonds. The molecule has 0 bridgehead atoms. The fraction of sp³-hybridized carbons (Fsp3) is 0. The maximum atomic E-state index is 5.26. The van der Waals surface area contributed by atoms with Crippen LogP contribution in [-0.2, 0) is 0 Å². The summed E-state index contributed by atoms with van der Waals surface area (Å²) < 4.78 is 5.10. The molecule has 0 atom stereocenters. The third kappa shape index (κ3) is 3.97. The van der Waals surface area contributed by atoms with Gasteiger partial charge < -0.3 is 4.57 Å². The van der Waals surface area contributed by atoms with Gasteiger partial charge in [-0.2, -0.15) is 0 Å². The van der Waals surface area contributed by atoms with E-state index in [0.717, 1.165) is 39.2 Å². The van der Waals surface area contributed by atoms with Gasteiger partial charge in [0.15, 0.2) is 5.82 Å². The van der Waals surface area contributed by atoms with E-state index in [4.69, 9.17) is 9.97 Å². The second-order valence-electron chi connectivity index (χ2n) is 12.9. The summed E-state index contributed by atoms with van der Waals surface area (Å²) >= 11 is 1.89. The summed E-state index contributed by atoms with van der Waals surface area (Å²) in [5.41, 5.74) is 7.54. The van der Waals surface area contributed by atoms with Crippen LogP contribution >= 0.6 is 11.3 Å². The Hall–Kier alpha value is -6.36. The fourth-order valence-electron chi connectivity index (χ4n) is 7.91. The van der Waals surface area contributed by atoms with E-state index in [9.17, 15) is 0 Å². The van der Waals surface area contributed by atoms with E-state index in [2.05, 4.69) is 168 Å². The minimum absolute atomic E-state index is 0.720. The molecule has 0 fully saturated rings. The first kappa shape index (κ1) is 27.6. The third-order valence-corrected chi connectivity index (χ3v) is 11.4. The highest BCUT2D eigenvalue weighted by Gasteiger charge is 2.19. The summed E-state index contributed by atoms with van der Waals surface area (Å²) in [4.78, 5) is 10.3. The molecule has 0 saturated carbocycles. The highest BCUT2D eigenvalue weighted by atomic mass is 32.1. The smallest absolute Gasteiger partial charge is 0.160 e. The Labute approximate surface area is 291 Å². The zero-order valence-corrected chi connectivity index (χ0v) is 27.7. The Kier molecular flexibility index (Phi) is 5.83. The Morgan fingerprint density at radius 1 is 0.460 bits per heavy atom. The molecule has 0 N–H and O–H groups in total. The van der Waals surface area contributed by atoms with Crippen LogP contribution in [0.1, 0.15) is 0 Å². The lowest BCUT2D eigenvalue weighted by Gasteiger charge is -2.13. The lowest BCUT2D eigenvalue weighted by atomic mass is 9.99. The summed E-state index contributed by atoms with van der Waals surface area (Å²) in [6.45, 7) is 0. The zero-order chi connectivity index (χ0) is 32.8. The van der Waals surface area contributed by atoms with Gasteiger partial charge in [0.25, 0.3) is 0 Å². The van der Waals surface area contributed by atoms with Crippen LogP contribution in [0.3, 0.4) is 0 Å². The Morgan fingerprint density at radius 2 is 1.16 bits per heavy atom. The molecule has 0 spiro atoms. The van der Waals surface area contributed by atoms with E-state index in [1.165, 1.54) is 63.5 Å². The van der Waals surface area contributed by atoms with Crippen molar-refractivity contribution in [2.75, 3.05) is 0 Å². The van der Waals surface area contributed by atoms with Gasteiger partial charge in [-0.1, -0.05) is 121 Å². The summed E-state index contributed by atoms with van der Waals surface area (Å²) in [5.74, 6) is 0.720. The summed E-state index contributed by atoms with van der Waals surface area (Å²) in [6, 6.07) is 58.8. The van der Waals surface area contributed by atoms with Crippen molar-refractivity contribution in [3.8, 4) is 28.3 Å². The summed E-state index contributed by atoms with van der Waals surface area (Å²) in [7, 11) is 0. The number of aromatic nitrogens is 3. The Balaban J connectivity index is 1.14. The topological polar surface area (TPSA) is 30.7 Å². The van der Waals surface area contributed by atoms with E-state index in [0.29, 0.717) is 0 Å². The van der Waals surface area contributed by atoms with Gasteiger partial charge in [0.05, 0.1) is 22.2 Å². The van der Waals surface area contributed by atoms with Crippen LogP contribution in [-0.4, -0.2) is 14.5 Å². The quantitative estimate of drug-likeness (QED) is 0.190. The number of para-hydroxylation sites is 2. The number of fused-ring (bicyclic) bond motifs is 11. The molecule has 0 aliphatic heterocycles. The van der Waals surface area contributed by atoms with Crippen molar-refractivity contribution >= 4 is 85.8 Å². The lowest BCUT2D eigenvalue weighted by Crippen LogP contribution is -1.97. The van der Waals surface area contributed by atoms with Crippen molar-refractivity contribution in [3.05, 3.63) is 164 Å². The second-order valence-corrected chi connectivity index (χ2v) is 14.0. The number of hydrogen-bond donors (Lipinski definition) is 0. The number of benzene rings is 8. The molecule has 3 nitrogen and oxygen atoms in total. The van der Waals surface area contributed by atoms with Crippen LogP contribution < -0.4 is 0 Å². The van der Waals surface area contributed by atoms with E-state index < -0.39 is 0 Å². The van der Waals surface area contributed by atoms with Crippen molar-refractivity contribution in [3.63, 3.8) is 0 Å². The Bertz CT molecular complexity index is 3140. The Morgan fingerprint density at radius 3 is 2.04 bits per heavy atom. The molecule has 0 aliphatic rings. The van der Waals surface area contributed by atoms with Crippen molar-refractivity contribution in [1.29, 1.82) is 0 Å². The fourth-order valence-corrected chi connectivity index (χ4v) is 9.17. The predicted molar refractivity (Wildman–Crippen MR) is 213 cm³/mol. The SMILES string of the molecule is c1ccc2c(-c3nc(-c4ccc(-n5c6ccccc6c6ccc7ccc8c9ccccc9sc8c7c65)cc4)nc4ccccc34)cccc2c1. The molecule has 0 radical (unpaired) electrons. The molecule has 3 heterocycles. The third-order valence-electron chi connectivity index (χ3n) is 10.2. The van der Waals surface area contributed by atoms with Gasteiger partial charge in [-0.15, -0.1) is 11.3 Å². The van der Waals surface area contributed by atoms with Crippen LogP contribution in [0, 0.1) is 0 Å². The van der Waals surface area contributed by atoms with Crippen molar-refractivity contribution in [2.24, 2.45) is 0 Å². The minimum atomic E-state index is 0.720. The number of hydrogen-bond acceptors (Lipinski definition) is 3. The van der Waals surface area contributed by atoms with Gasteiger partial charge in [-0.3, -0.25) is 0 Å².